The second kappa shape index (κ2) is 26.3. The lowest BCUT2D eigenvalue weighted by Crippen LogP contribution is -2.72. The van der Waals surface area contributed by atoms with Crippen molar-refractivity contribution in [1.82, 2.24) is 15.5 Å². The van der Waals surface area contributed by atoms with Crippen LogP contribution in [0.4, 0.5) is 18.9 Å². The number of aliphatic carboxylic acids is 1. The highest BCUT2D eigenvalue weighted by Gasteiger charge is 2.58. The van der Waals surface area contributed by atoms with Gasteiger partial charge in [-0.2, -0.15) is 24.9 Å². The van der Waals surface area contributed by atoms with Gasteiger partial charge in [0.1, 0.15) is 42.1 Å². The first-order valence-electron chi connectivity index (χ1n) is 24.3. The van der Waals surface area contributed by atoms with Crippen molar-refractivity contribution in [2.75, 3.05) is 43.5 Å². The molecule has 3 aromatic carbocycles. The summed E-state index contributed by atoms with van der Waals surface area (Å²) in [5.41, 5.74) is 20.4. The Hall–Kier alpha value is -6.53. The summed E-state index contributed by atoms with van der Waals surface area (Å²) in [4.78, 5) is 123. The van der Waals surface area contributed by atoms with Crippen LogP contribution in [0.2, 0.25) is 0 Å². The molecule has 75 heavy (non-hydrogen) atoms. The number of carboxylic acids is 1. The van der Waals surface area contributed by atoms with Crippen molar-refractivity contribution < 1.29 is 70.6 Å². The van der Waals surface area contributed by atoms with Crippen molar-refractivity contribution in [3.63, 3.8) is 0 Å². The minimum Gasteiger partial charge on any atom is -0.488 e. The predicted octanol–water partition coefficient (Wildman–Crippen LogP) is 3.72. The van der Waals surface area contributed by atoms with Gasteiger partial charge in [0, 0.05) is 54.1 Å². The molecule has 10 N–H and O–H groups in total. The lowest BCUT2D eigenvalue weighted by Gasteiger charge is -2.38. The van der Waals surface area contributed by atoms with Crippen molar-refractivity contribution in [1.29, 1.82) is 0 Å². The van der Waals surface area contributed by atoms with Gasteiger partial charge in [0.2, 0.25) is 17.7 Å². The number of quaternary nitrogens is 1. The molecule has 3 aromatic rings. The molecule has 1 fully saturated rings. The van der Waals surface area contributed by atoms with Gasteiger partial charge in [0.25, 0.3) is 0 Å². The first-order valence-corrected chi connectivity index (χ1v) is 25.7. The Morgan fingerprint density at radius 2 is 1.45 bits per heavy atom. The fourth-order valence-electron chi connectivity index (χ4n) is 8.74. The quantitative estimate of drug-likeness (QED) is 0.0490. The van der Waals surface area contributed by atoms with Crippen molar-refractivity contribution >= 4 is 70.4 Å². The minimum absolute atomic E-state index is 0.0110. The number of halogens is 3. The molecule has 1 saturated heterocycles. The van der Waals surface area contributed by atoms with Crippen LogP contribution < -0.4 is 37.9 Å². The number of carboxylic acid groups (broad SMARTS) is 1. The van der Waals surface area contributed by atoms with E-state index >= 15 is 9.59 Å². The van der Waals surface area contributed by atoms with E-state index in [0.717, 1.165) is 0 Å². The Bertz CT molecular complexity index is 2610. The van der Waals surface area contributed by atoms with Crippen LogP contribution >= 0.6 is 11.8 Å². The smallest absolute Gasteiger partial charge is 0.488 e. The number of nitrogens with zero attached hydrogens (tertiary/aromatic N) is 2. The predicted molar refractivity (Wildman–Crippen MR) is 274 cm³/mol. The topological polar surface area (TPSA) is 300 Å². The number of alkyl halides is 3. The Morgan fingerprint density at radius 3 is 2.01 bits per heavy atom. The average Bonchev–Trinajstić information content (AvgIpc) is 3.84. The average molecular weight is 1070 g/mol. The number of fused-ring (bicyclic) bond motifs is 2. The molecule has 408 valence electrons. The number of carbonyl (C=O) groups excluding carboxylic acids is 8. The molecule has 23 heteroatoms. The number of nitrogens with one attached hydrogen (secondary N) is 3. The largest absolute Gasteiger partial charge is 0.490 e. The van der Waals surface area contributed by atoms with Gasteiger partial charge in [-0.05, 0) is 82.9 Å². The summed E-state index contributed by atoms with van der Waals surface area (Å²) in [7, 11) is 0. The van der Waals surface area contributed by atoms with Gasteiger partial charge < -0.3 is 47.9 Å². The van der Waals surface area contributed by atoms with E-state index in [2.05, 4.69) is 16.0 Å². The Labute approximate surface area is 437 Å². The van der Waals surface area contributed by atoms with Crippen molar-refractivity contribution in [3.05, 3.63) is 94.5 Å². The molecule has 2 aliphatic rings. The molecule has 1 heterocycles. The molecule has 19 nitrogen and oxygen atoms in total. The van der Waals surface area contributed by atoms with Gasteiger partial charge in [0.05, 0.1) is 18.2 Å². The molecule has 0 saturated carbocycles. The summed E-state index contributed by atoms with van der Waals surface area (Å²) in [6.07, 6.45) is -2.73. The first-order chi connectivity index (χ1) is 35.0. The third-order valence-electron chi connectivity index (χ3n) is 12.1. The van der Waals surface area contributed by atoms with E-state index in [1.54, 1.807) is 73.0 Å². The summed E-state index contributed by atoms with van der Waals surface area (Å²) in [5, 5.41) is 15.6. The number of hydrogen-bond acceptors (Lipinski definition) is 15. The number of hydrogen-bond donors (Lipinski definition) is 7. The maximum Gasteiger partial charge on any atom is 0.490 e. The van der Waals surface area contributed by atoms with Gasteiger partial charge in [-0.25, -0.2) is 19.2 Å². The number of ether oxygens (including phenoxy) is 1. The van der Waals surface area contributed by atoms with Crippen LogP contribution in [0.15, 0.2) is 66.7 Å². The molecule has 5 rings (SSSR count). The minimum atomic E-state index is -5.08. The van der Waals surface area contributed by atoms with E-state index in [0.29, 0.717) is 34.7 Å². The van der Waals surface area contributed by atoms with E-state index in [9.17, 15) is 41.9 Å². The van der Waals surface area contributed by atoms with E-state index in [1.807, 2.05) is 34.6 Å². The van der Waals surface area contributed by atoms with Crippen LogP contribution in [0.1, 0.15) is 105 Å². The molecule has 1 unspecified atom stereocenters. The van der Waals surface area contributed by atoms with Gasteiger partial charge >= 0.3 is 29.9 Å². The highest BCUT2D eigenvalue weighted by Crippen LogP contribution is 2.33. The second-order valence-corrected chi connectivity index (χ2v) is 20.7. The zero-order valence-electron chi connectivity index (χ0n) is 43.1. The van der Waals surface area contributed by atoms with Gasteiger partial charge in [-0.15, -0.1) is 4.48 Å². The van der Waals surface area contributed by atoms with E-state index in [4.69, 9.17) is 31.8 Å². The van der Waals surface area contributed by atoms with Crippen LogP contribution in [0, 0.1) is 5.92 Å². The molecule has 1 aliphatic heterocycles. The summed E-state index contributed by atoms with van der Waals surface area (Å²) < 4.78 is 36.3. The lowest BCUT2D eigenvalue weighted by atomic mass is 9.83. The third kappa shape index (κ3) is 15.8. The summed E-state index contributed by atoms with van der Waals surface area (Å²) >= 11 is 1.38. The molecule has 1 aliphatic carbocycles. The number of anilines is 1. The van der Waals surface area contributed by atoms with E-state index in [-0.39, 0.29) is 72.9 Å². The number of rotatable bonds is 20. The summed E-state index contributed by atoms with van der Waals surface area (Å²) in [6, 6.07) is 12.5. The van der Waals surface area contributed by atoms with E-state index in [1.165, 1.54) is 23.6 Å². The van der Waals surface area contributed by atoms with Crippen LogP contribution in [-0.2, 0) is 40.0 Å². The maximum atomic E-state index is 15.5. The fourth-order valence-corrected chi connectivity index (χ4v) is 9.25. The van der Waals surface area contributed by atoms with Gasteiger partial charge in [-0.3, -0.25) is 24.0 Å². The zero-order valence-corrected chi connectivity index (χ0v) is 43.9. The monoisotopic (exact) mass is 1070 g/mol. The van der Waals surface area contributed by atoms with Crippen molar-refractivity contribution in [2.45, 2.75) is 116 Å². The summed E-state index contributed by atoms with van der Waals surface area (Å²) in [6.45, 7) is 10.1. The first kappa shape index (κ1) is 61.0. The number of likely N-dealkylation sites (tertiary alicyclic amines) is 1. The normalized spacial score (nSPS) is 16.7. The number of amides is 6. The SMILES string of the molecule is CSC[C@H](N)C(=O)NCC(=O)N[C@@H](CC(C)C)C(=O)N1CCC[C@H]1C(=O)[N+](CCCNc1cccc2c1C(=O)c1ccccc1C2=O)(C(=O)[C@H](C)N)C(=O)[C@@H](N)Cc1ccc(OC(C)(C)C)cc1.O=C(O)C(F)(F)F. The number of nitrogens with two attached hydrogens (primary N) is 3. The molecule has 0 aromatic heterocycles. The van der Waals surface area contributed by atoms with Crippen LogP contribution in [-0.4, -0.2) is 148 Å². The second-order valence-electron chi connectivity index (χ2n) is 19.7. The molecular formula is C52H68F3N8O11S+. The molecule has 6 amide bonds. The van der Waals surface area contributed by atoms with Crippen LogP contribution in [0.3, 0.4) is 0 Å². The number of thioether (sulfide) groups is 1. The van der Waals surface area contributed by atoms with Gasteiger partial charge in [0.15, 0.2) is 11.6 Å². The van der Waals surface area contributed by atoms with Crippen LogP contribution in [0.5, 0.6) is 5.75 Å². The number of carbonyl (C=O) groups is 9. The van der Waals surface area contributed by atoms with Crippen molar-refractivity contribution in [3.8, 4) is 5.75 Å². The molecule has 0 radical (unpaired) electrons. The highest BCUT2D eigenvalue weighted by molar-refractivity contribution is 7.98. The molecular weight excluding hydrogens is 1000 g/mol. The maximum absolute atomic E-state index is 15.5. The molecule has 0 spiro atoms. The Balaban J connectivity index is 0.00000162. The number of imide groups is 3. The Kier molecular flexibility index (Phi) is 21.4. The van der Waals surface area contributed by atoms with Gasteiger partial charge in [-0.1, -0.05) is 62.4 Å². The highest BCUT2D eigenvalue weighted by atomic mass is 32.2. The van der Waals surface area contributed by atoms with Crippen LogP contribution in [0.25, 0.3) is 0 Å². The zero-order chi connectivity index (χ0) is 56.2. The fraction of sp³-hybridized carbons (Fsp3) is 0.481. The summed E-state index contributed by atoms with van der Waals surface area (Å²) in [5.74, 6) is -7.04. The number of benzene rings is 3. The molecule has 0 bridgehead atoms. The number of ketones is 2. The van der Waals surface area contributed by atoms with Crippen molar-refractivity contribution in [2.24, 2.45) is 23.1 Å². The Morgan fingerprint density at radius 1 is 0.853 bits per heavy atom. The standard InChI is InChI=1S/C50H66N8O9S.C2HF3O2/c1-29(2)25-39(56-41(59)27-55-45(62)37(53)28-68-7)46(63)57-23-11-17-40(57)49(66)58(47(64)30(3)51,48(65)36(52)26-31-18-20-32(21-19-31)67-50(4,5)6)24-12-22-54-38-16-10-15-35-42(38)44(61)34-14-9-8-13-33(34)43(35)60;3-2(4,5)1(6)7/h8-10,13-16,18-21,29-30,36-37,39-40H,11-12,17,22-28,51-53H2,1-7H3,(H2-,54,55,56,59,61,62);(H,6,7)/p+1/t30-,36-,37-,39-,40-,58?;/m0./s1. The molecule has 6 atom stereocenters. The van der Waals surface area contributed by atoms with E-state index < -0.39 is 101 Å². The third-order valence-corrected chi connectivity index (χ3v) is 12.8. The lowest BCUT2D eigenvalue weighted by molar-refractivity contribution is -0.706.